The molecule has 0 aliphatic rings. The Labute approximate surface area is 133 Å². The van der Waals surface area contributed by atoms with Crippen molar-refractivity contribution in [3.05, 3.63) is 61.9 Å². The number of carbonyl (C=O) groups is 1. The van der Waals surface area contributed by atoms with E-state index in [1.165, 1.54) is 22.2 Å². The number of fused-ring (bicyclic) bond motifs is 1. The van der Waals surface area contributed by atoms with Crippen molar-refractivity contribution in [2.75, 3.05) is 0 Å². The first-order valence-corrected chi connectivity index (χ1v) is 7.95. The molecule has 0 atom stereocenters. The number of thiophene rings is 1. The molecule has 3 rings (SSSR count). The van der Waals surface area contributed by atoms with Crippen molar-refractivity contribution >= 4 is 43.3 Å². The summed E-state index contributed by atoms with van der Waals surface area (Å²) in [4.78, 5) is 28.9. The van der Waals surface area contributed by atoms with E-state index in [1.54, 1.807) is 18.2 Å². The second kappa shape index (κ2) is 5.54. The maximum absolute atomic E-state index is 12.3. The Morgan fingerprint density at radius 3 is 3.00 bits per heavy atom. The maximum atomic E-state index is 12.3. The van der Waals surface area contributed by atoms with E-state index in [0.29, 0.717) is 10.3 Å². The number of rotatable bonds is 3. The van der Waals surface area contributed by atoms with Crippen LogP contribution in [0.2, 0.25) is 0 Å². The number of Topliss-reactive ketones (excluding diaryl/α,β-unsaturated/α-hetero) is 1. The molecule has 3 aromatic rings. The summed E-state index contributed by atoms with van der Waals surface area (Å²) in [5.74, 6) is -0.118. The molecule has 0 bridgehead atoms. The van der Waals surface area contributed by atoms with Crippen molar-refractivity contribution in [1.82, 2.24) is 9.55 Å². The molecule has 1 aromatic carbocycles. The lowest BCUT2D eigenvalue weighted by atomic mass is 10.1. The number of nitrogens with zero attached hydrogens (tertiary/aromatic N) is 2. The predicted molar refractivity (Wildman–Crippen MR) is 87.1 cm³/mol. The molecule has 21 heavy (non-hydrogen) atoms. The number of aromatic nitrogens is 2. The van der Waals surface area contributed by atoms with E-state index < -0.39 is 0 Å². The minimum Gasteiger partial charge on any atom is -0.292 e. The minimum absolute atomic E-state index is 0.00479. The van der Waals surface area contributed by atoms with Crippen molar-refractivity contribution in [1.29, 1.82) is 0 Å². The van der Waals surface area contributed by atoms with Gasteiger partial charge in [0.15, 0.2) is 5.78 Å². The highest BCUT2D eigenvalue weighted by molar-refractivity contribution is 9.10. The van der Waals surface area contributed by atoms with Gasteiger partial charge in [0.2, 0.25) is 0 Å². The summed E-state index contributed by atoms with van der Waals surface area (Å²) >= 11 is 4.70. The van der Waals surface area contributed by atoms with Gasteiger partial charge in [0.1, 0.15) is 4.70 Å². The van der Waals surface area contributed by atoms with E-state index in [9.17, 15) is 9.59 Å². The molecule has 2 aromatic heterocycles. The van der Waals surface area contributed by atoms with Crippen molar-refractivity contribution in [3.8, 4) is 0 Å². The van der Waals surface area contributed by atoms with Gasteiger partial charge in [0, 0.05) is 10.0 Å². The van der Waals surface area contributed by atoms with Gasteiger partial charge >= 0.3 is 0 Å². The SMILES string of the molecule is Cc1csc2c(=O)n(CC(=O)c3cccc(Br)c3)cnc12. The van der Waals surface area contributed by atoms with Crippen molar-refractivity contribution in [2.45, 2.75) is 13.5 Å². The van der Waals surface area contributed by atoms with Crippen LogP contribution in [0.1, 0.15) is 15.9 Å². The first kappa shape index (κ1) is 14.2. The molecule has 0 saturated carbocycles. The Morgan fingerprint density at radius 1 is 1.43 bits per heavy atom. The average Bonchev–Trinajstić information content (AvgIpc) is 2.84. The smallest absolute Gasteiger partial charge is 0.271 e. The molecule has 0 aliphatic carbocycles. The lowest BCUT2D eigenvalue weighted by Crippen LogP contribution is -2.24. The molecule has 0 fully saturated rings. The highest BCUT2D eigenvalue weighted by Crippen LogP contribution is 2.19. The second-order valence-electron chi connectivity index (χ2n) is 4.71. The number of carbonyl (C=O) groups excluding carboxylic acids is 1. The Morgan fingerprint density at radius 2 is 2.24 bits per heavy atom. The summed E-state index contributed by atoms with van der Waals surface area (Å²) in [5.41, 5.74) is 2.11. The van der Waals surface area contributed by atoms with Crippen LogP contribution in [0.5, 0.6) is 0 Å². The fourth-order valence-electron chi connectivity index (χ4n) is 2.08. The zero-order valence-corrected chi connectivity index (χ0v) is 13.6. The van der Waals surface area contributed by atoms with E-state index in [1.807, 2.05) is 18.4 Å². The fourth-order valence-corrected chi connectivity index (χ4v) is 3.43. The van der Waals surface area contributed by atoms with Gasteiger partial charge in [-0.15, -0.1) is 11.3 Å². The Kier molecular flexibility index (Phi) is 3.73. The van der Waals surface area contributed by atoms with Crippen LogP contribution in [0.4, 0.5) is 0 Å². The van der Waals surface area contributed by atoms with E-state index in [4.69, 9.17) is 0 Å². The van der Waals surface area contributed by atoms with Gasteiger partial charge in [-0.1, -0.05) is 28.1 Å². The number of aryl methyl sites for hydroxylation is 1. The first-order chi connectivity index (χ1) is 10.1. The van der Waals surface area contributed by atoms with E-state index in [0.717, 1.165) is 15.6 Å². The van der Waals surface area contributed by atoms with Crippen LogP contribution in [0.25, 0.3) is 10.2 Å². The molecule has 4 nitrogen and oxygen atoms in total. The molecular weight excluding hydrogens is 352 g/mol. The van der Waals surface area contributed by atoms with Crippen LogP contribution < -0.4 is 5.56 Å². The summed E-state index contributed by atoms with van der Waals surface area (Å²) in [5, 5.41) is 1.90. The van der Waals surface area contributed by atoms with E-state index >= 15 is 0 Å². The summed E-state index contributed by atoms with van der Waals surface area (Å²) < 4.78 is 2.79. The zero-order valence-electron chi connectivity index (χ0n) is 11.2. The lowest BCUT2D eigenvalue weighted by molar-refractivity contribution is 0.0970. The third kappa shape index (κ3) is 2.69. The van der Waals surface area contributed by atoms with Crippen LogP contribution >= 0.6 is 27.3 Å². The summed E-state index contributed by atoms with van der Waals surface area (Å²) in [6, 6.07) is 7.13. The van der Waals surface area contributed by atoms with Crippen LogP contribution in [0.3, 0.4) is 0 Å². The van der Waals surface area contributed by atoms with Crippen molar-refractivity contribution in [3.63, 3.8) is 0 Å². The van der Waals surface area contributed by atoms with Gasteiger partial charge < -0.3 is 0 Å². The zero-order chi connectivity index (χ0) is 15.0. The number of benzene rings is 1. The Hall–Kier alpha value is -1.79. The summed E-state index contributed by atoms with van der Waals surface area (Å²) in [6.07, 6.45) is 1.44. The summed E-state index contributed by atoms with van der Waals surface area (Å²) in [6.45, 7) is 1.91. The van der Waals surface area contributed by atoms with Gasteiger partial charge in [-0.05, 0) is 30.0 Å². The maximum Gasteiger partial charge on any atom is 0.271 e. The number of hydrogen-bond donors (Lipinski definition) is 0. The van der Waals surface area contributed by atoms with Gasteiger partial charge in [-0.3, -0.25) is 14.2 Å². The third-order valence-electron chi connectivity index (χ3n) is 3.18. The average molecular weight is 363 g/mol. The highest BCUT2D eigenvalue weighted by Gasteiger charge is 2.12. The molecule has 0 unspecified atom stereocenters. The van der Waals surface area contributed by atoms with Gasteiger partial charge in [-0.2, -0.15) is 0 Å². The normalized spacial score (nSPS) is 11.0. The minimum atomic E-state index is -0.165. The Balaban J connectivity index is 1.97. The molecule has 6 heteroatoms. The third-order valence-corrected chi connectivity index (χ3v) is 4.75. The predicted octanol–water partition coefficient (Wildman–Crippen LogP) is 3.41. The second-order valence-corrected chi connectivity index (χ2v) is 6.50. The number of hydrogen-bond acceptors (Lipinski definition) is 4. The van der Waals surface area contributed by atoms with Crippen LogP contribution in [-0.2, 0) is 6.54 Å². The summed E-state index contributed by atoms with van der Waals surface area (Å²) in [7, 11) is 0. The monoisotopic (exact) mass is 362 g/mol. The van der Waals surface area contributed by atoms with E-state index in [2.05, 4.69) is 20.9 Å². The topological polar surface area (TPSA) is 52.0 Å². The fraction of sp³-hybridized carbons (Fsp3) is 0.133. The molecule has 0 N–H and O–H groups in total. The van der Waals surface area contributed by atoms with Crippen molar-refractivity contribution in [2.24, 2.45) is 0 Å². The van der Waals surface area contributed by atoms with Gasteiger partial charge in [0.25, 0.3) is 5.56 Å². The molecule has 0 spiro atoms. The molecular formula is C15H11BrN2O2S. The van der Waals surface area contributed by atoms with Crippen molar-refractivity contribution < 1.29 is 4.79 Å². The lowest BCUT2D eigenvalue weighted by Gasteiger charge is -2.05. The number of ketones is 1. The van der Waals surface area contributed by atoms with Gasteiger partial charge in [0.05, 0.1) is 18.4 Å². The van der Waals surface area contributed by atoms with E-state index in [-0.39, 0.29) is 17.9 Å². The molecule has 106 valence electrons. The quantitative estimate of drug-likeness (QED) is 0.670. The van der Waals surface area contributed by atoms with Crippen LogP contribution in [0.15, 0.2) is 45.2 Å². The standard InChI is InChI=1S/C15H11BrN2O2S/c1-9-7-21-14-13(9)17-8-18(15(14)20)6-12(19)10-3-2-4-11(16)5-10/h2-5,7-8H,6H2,1H3. The Bertz CT molecular complexity index is 898. The largest absolute Gasteiger partial charge is 0.292 e. The number of halogens is 1. The molecule has 0 amide bonds. The van der Waals surface area contributed by atoms with Gasteiger partial charge in [-0.25, -0.2) is 4.98 Å². The molecule has 0 saturated heterocycles. The highest BCUT2D eigenvalue weighted by atomic mass is 79.9. The van der Waals surface area contributed by atoms with Crippen LogP contribution in [0, 0.1) is 6.92 Å². The van der Waals surface area contributed by atoms with Crippen LogP contribution in [-0.4, -0.2) is 15.3 Å². The molecule has 0 radical (unpaired) electrons. The molecule has 0 aliphatic heterocycles. The first-order valence-electron chi connectivity index (χ1n) is 6.28. The molecule has 2 heterocycles.